The molecule has 0 radical (unpaired) electrons. The van der Waals surface area contributed by atoms with E-state index in [9.17, 15) is 0 Å². The molecule has 2 fully saturated rings. The van der Waals surface area contributed by atoms with Gasteiger partial charge in [-0.3, -0.25) is 0 Å². The van der Waals surface area contributed by atoms with Crippen molar-refractivity contribution in [1.82, 2.24) is 4.90 Å². The topological polar surface area (TPSA) is 38.5 Å². The fraction of sp³-hybridized carbons (Fsp3) is 1.00. The predicted octanol–water partition coefficient (Wildman–Crippen LogP) is 0.694. The number of hydrogen-bond donors (Lipinski definition) is 1. The van der Waals surface area contributed by atoms with E-state index < -0.39 is 0 Å². The zero-order valence-electron chi connectivity index (χ0n) is 9.17. The van der Waals surface area contributed by atoms with E-state index in [-0.39, 0.29) is 0 Å². The summed E-state index contributed by atoms with van der Waals surface area (Å²) in [6.07, 6.45) is 3.85. The summed E-state index contributed by atoms with van der Waals surface area (Å²) in [5.74, 6) is 0.818. The highest BCUT2D eigenvalue weighted by Gasteiger charge is 2.45. The van der Waals surface area contributed by atoms with Crippen LogP contribution in [0.4, 0.5) is 0 Å². The van der Waals surface area contributed by atoms with Gasteiger partial charge in [-0.15, -0.1) is 0 Å². The Labute approximate surface area is 86.6 Å². The maximum Gasteiger partial charge on any atom is 0.0548 e. The number of hydrogen-bond acceptors (Lipinski definition) is 3. The molecule has 0 amide bonds. The van der Waals surface area contributed by atoms with Gasteiger partial charge in [0.05, 0.1) is 13.2 Å². The van der Waals surface area contributed by atoms with Crippen molar-refractivity contribution < 1.29 is 4.74 Å². The lowest BCUT2D eigenvalue weighted by Gasteiger charge is -2.50. The van der Waals surface area contributed by atoms with Crippen molar-refractivity contribution in [3.05, 3.63) is 0 Å². The summed E-state index contributed by atoms with van der Waals surface area (Å²) in [5.41, 5.74) is 6.13. The first-order valence-corrected chi connectivity index (χ1v) is 5.73. The van der Waals surface area contributed by atoms with Gasteiger partial charge in [0, 0.05) is 12.0 Å². The summed E-state index contributed by atoms with van der Waals surface area (Å²) in [7, 11) is 2.22. The van der Waals surface area contributed by atoms with Gasteiger partial charge in [0.2, 0.25) is 0 Å². The van der Waals surface area contributed by atoms with E-state index in [1.807, 2.05) is 0 Å². The van der Waals surface area contributed by atoms with Crippen LogP contribution >= 0.6 is 0 Å². The molecule has 0 aromatic carbocycles. The summed E-state index contributed by atoms with van der Waals surface area (Å²) in [5, 5.41) is 0. The Kier molecular flexibility index (Phi) is 3.10. The van der Waals surface area contributed by atoms with Gasteiger partial charge in [0.1, 0.15) is 0 Å². The molecule has 82 valence electrons. The van der Waals surface area contributed by atoms with Crippen LogP contribution in [0, 0.1) is 11.3 Å². The van der Waals surface area contributed by atoms with E-state index in [1.165, 1.54) is 25.9 Å². The number of ether oxygens (including phenoxy) is 1. The van der Waals surface area contributed by atoms with Crippen molar-refractivity contribution in [3.63, 3.8) is 0 Å². The molecule has 2 heterocycles. The van der Waals surface area contributed by atoms with E-state index in [0.29, 0.717) is 5.41 Å². The lowest BCUT2D eigenvalue weighted by molar-refractivity contribution is -0.158. The third kappa shape index (κ3) is 1.81. The molecule has 3 nitrogen and oxygen atoms in total. The molecule has 2 rings (SSSR count). The van der Waals surface area contributed by atoms with Gasteiger partial charge in [-0.05, 0) is 45.3 Å². The Hall–Kier alpha value is -0.120. The number of nitrogens with zero attached hydrogens (tertiary/aromatic N) is 1. The second-order valence-electron chi connectivity index (χ2n) is 5.00. The highest BCUT2D eigenvalue weighted by molar-refractivity contribution is 4.94. The van der Waals surface area contributed by atoms with E-state index in [4.69, 9.17) is 10.5 Å². The van der Waals surface area contributed by atoms with E-state index in [0.717, 1.165) is 32.1 Å². The van der Waals surface area contributed by atoms with Crippen LogP contribution in [0.2, 0.25) is 0 Å². The van der Waals surface area contributed by atoms with Crippen molar-refractivity contribution >= 4 is 0 Å². The van der Waals surface area contributed by atoms with Crippen LogP contribution < -0.4 is 5.73 Å². The van der Waals surface area contributed by atoms with Gasteiger partial charge in [0.15, 0.2) is 0 Å². The fourth-order valence-corrected chi connectivity index (χ4v) is 2.90. The van der Waals surface area contributed by atoms with Crippen LogP contribution in [0.15, 0.2) is 0 Å². The van der Waals surface area contributed by atoms with E-state index in [2.05, 4.69) is 11.9 Å². The normalized spacial score (nSPS) is 32.6. The van der Waals surface area contributed by atoms with Crippen LogP contribution in [-0.2, 0) is 4.74 Å². The van der Waals surface area contributed by atoms with E-state index >= 15 is 0 Å². The molecule has 0 spiro atoms. The van der Waals surface area contributed by atoms with Crippen molar-refractivity contribution in [2.75, 3.05) is 39.9 Å². The zero-order chi connectivity index (χ0) is 10.0. The molecule has 2 aliphatic rings. The summed E-state index contributed by atoms with van der Waals surface area (Å²) < 4.78 is 5.41. The lowest BCUT2D eigenvalue weighted by Crippen LogP contribution is -2.54. The first-order chi connectivity index (χ1) is 6.77. The van der Waals surface area contributed by atoms with Gasteiger partial charge in [0.25, 0.3) is 0 Å². The van der Waals surface area contributed by atoms with Crippen LogP contribution in [-0.4, -0.2) is 44.8 Å². The summed E-state index contributed by atoms with van der Waals surface area (Å²) in [6.45, 7) is 5.20. The number of piperidine rings is 1. The van der Waals surface area contributed by atoms with E-state index in [1.54, 1.807) is 0 Å². The Morgan fingerprint density at radius 2 is 2.29 bits per heavy atom. The molecule has 0 bridgehead atoms. The molecule has 14 heavy (non-hydrogen) atoms. The lowest BCUT2D eigenvalue weighted by atomic mass is 9.68. The molecule has 0 aromatic rings. The summed E-state index contributed by atoms with van der Waals surface area (Å²) >= 11 is 0. The van der Waals surface area contributed by atoms with Crippen molar-refractivity contribution in [1.29, 1.82) is 0 Å². The maximum atomic E-state index is 5.70. The molecule has 0 aromatic heterocycles. The summed E-state index contributed by atoms with van der Waals surface area (Å²) in [4.78, 5) is 2.45. The summed E-state index contributed by atoms with van der Waals surface area (Å²) in [6, 6.07) is 0. The van der Waals surface area contributed by atoms with Gasteiger partial charge < -0.3 is 15.4 Å². The molecule has 0 saturated carbocycles. The smallest absolute Gasteiger partial charge is 0.0548 e. The van der Waals surface area contributed by atoms with Crippen LogP contribution in [0.5, 0.6) is 0 Å². The highest BCUT2D eigenvalue weighted by atomic mass is 16.5. The van der Waals surface area contributed by atoms with Gasteiger partial charge in [-0.2, -0.15) is 0 Å². The molecule has 2 N–H and O–H groups in total. The molecular weight excluding hydrogens is 176 g/mol. The SMILES string of the molecule is CN1CCCC(C2(CCN)COC2)C1. The number of nitrogens with two attached hydrogens (primary N) is 1. The van der Waals surface area contributed by atoms with Crippen LogP contribution in [0.1, 0.15) is 19.3 Å². The molecule has 0 aliphatic carbocycles. The number of likely N-dealkylation sites (tertiary alicyclic amines) is 1. The van der Waals surface area contributed by atoms with Gasteiger partial charge >= 0.3 is 0 Å². The largest absolute Gasteiger partial charge is 0.380 e. The molecule has 1 atom stereocenters. The Morgan fingerprint density at radius 1 is 1.50 bits per heavy atom. The van der Waals surface area contributed by atoms with Crippen molar-refractivity contribution in [2.24, 2.45) is 17.1 Å². The third-order valence-electron chi connectivity index (χ3n) is 3.91. The molecule has 3 heteroatoms. The zero-order valence-corrected chi connectivity index (χ0v) is 9.17. The molecule has 2 aliphatic heterocycles. The van der Waals surface area contributed by atoms with Crippen LogP contribution in [0.25, 0.3) is 0 Å². The van der Waals surface area contributed by atoms with Crippen LogP contribution in [0.3, 0.4) is 0 Å². The second-order valence-corrected chi connectivity index (χ2v) is 5.00. The van der Waals surface area contributed by atoms with Gasteiger partial charge in [-0.25, -0.2) is 0 Å². The minimum Gasteiger partial charge on any atom is -0.380 e. The monoisotopic (exact) mass is 198 g/mol. The first kappa shape index (κ1) is 10.4. The minimum atomic E-state index is 0.434. The average molecular weight is 198 g/mol. The highest BCUT2D eigenvalue weighted by Crippen LogP contribution is 2.42. The minimum absolute atomic E-state index is 0.434. The Balaban J connectivity index is 1.96. The Morgan fingerprint density at radius 3 is 2.79 bits per heavy atom. The fourth-order valence-electron chi connectivity index (χ4n) is 2.90. The molecule has 1 unspecified atom stereocenters. The average Bonchev–Trinajstić information content (AvgIpc) is 2.11. The second kappa shape index (κ2) is 4.17. The van der Waals surface area contributed by atoms with Crippen molar-refractivity contribution in [3.8, 4) is 0 Å². The third-order valence-corrected chi connectivity index (χ3v) is 3.91. The number of rotatable bonds is 3. The molecular formula is C11H22N2O. The first-order valence-electron chi connectivity index (χ1n) is 5.73. The van der Waals surface area contributed by atoms with Crippen molar-refractivity contribution in [2.45, 2.75) is 19.3 Å². The predicted molar refractivity (Wildman–Crippen MR) is 57.1 cm³/mol. The molecule has 2 saturated heterocycles. The standard InChI is InChI=1S/C11H22N2O/c1-13-6-2-3-10(7-13)11(4-5-12)8-14-9-11/h10H,2-9,12H2,1H3. The quantitative estimate of drug-likeness (QED) is 0.725. The Bertz CT molecular complexity index is 192. The maximum absolute atomic E-state index is 5.70. The van der Waals surface area contributed by atoms with Gasteiger partial charge in [-0.1, -0.05) is 0 Å².